The molecule has 0 unspecified atom stereocenters. The second-order valence-corrected chi connectivity index (χ2v) is 6.17. The monoisotopic (exact) mass is 382 g/mol. The largest absolute Gasteiger partial charge is 0.301 e. The summed E-state index contributed by atoms with van der Waals surface area (Å²) in [4.78, 5) is 40.8. The molecule has 0 aliphatic carbocycles. The number of hydrogen-bond donors (Lipinski definition) is 1. The summed E-state index contributed by atoms with van der Waals surface area (Å²) < 4.78 is 0. The van der Waals surface area contributed by atoms with Gasteiger partial charge in [-0.2, -0.15) is 0 Å². The van der Waals surface area contributed by atoms with E-state index in [-0.39, 0.29) is 16.5 Å². The highest BCUT2D eigenvalue weighted by atomic mass is 32.1. The molecule has 1 heterocycles. The standard InChI is InChI=1S/C18H14N4O4S/c1-11-7-8-12(9-15(11)22(25)26)19-10-14-16(23)20-18(27)21(17(14)24)13-5-3-2-4-6-13/h2-10,14H,1H3,(H,20,23,27)/t14-/m1/s1. The van der Waals surface area contributed by atoms with Crippen LogP contribution in [-0.2, 0) is 9.59 Å². The highest BCUT2D eigenvalue weighted by molar-refractivity contribution is 7.80. The van der Waals surface area contributed by atoms with Gasteiger partial charge in [0, 0.05) is 17.8 Å². The summed E-state index contributed by atoms with van der Waals surface area (Å²) in [5, 5.41) is 13.5. The summed E-state index contributed by atoms with van der Waals surface area (Å²) in [6.07, 6.45) is 1.17. The number of hydrogen-bond acceptors (Lipinski definition) is 6. The van der Waals surface area contributed by atoms with Crippen LogP contribution in [0.3, 0.4) is 0 Å². The maximum atomic E-state index is 12.8. The van der Waals surface area contributed by atoms with E-state index in [0.29, 0.717) is 11.3 Å². The van der Waals surface area contributed by atoms with Crippen molar-refractivity contribution in [2.75, 3.05) is 4.90 Å². The number of amides is 2. The number of para-hydroxylation sites is 1. The molecule has 2 aromatic rings. The number of carbonyl (C=O) groups is 2. The van der Waals surface area contributed by atoms with Gasteiger partial charge in [0.25, 0.3) is 11.6 Å². The van der Waals surface area contributed by atoms with Crippen LogP contribution in [0.5, 0.6) is 0 Å². The lowest BCUT2D eigenvalue weighted by molar-refractivity contribution is -0.385. The first-order valence-corrected chi connectivity index (χ1v) is 8.32. The van der Waals surface area contributed by atoms with Crippen molar-refractivity contribution in [2.45, 2.75) is 6.92 Å². The molecule has 8 nitrogen and oxygen atoms in total. The quantitative estimate of drug-likeness (QED) is 0.288. The van der Waals surface area contributed by atoms with Crippen molar-refractivity contribution in [1.29, 1.82) is 0 Å². The van der Waals surface area contributed by atoms with Gasteiger partial charge in [-0.05, 0) is 37.3 Å². The molecule has 0 aromatic heterocycles. The van der Waals surface area contributed by atoms with E-state index in [4.69, 9.17) is 12.2 Å². The summed E-state index contributed by atoms with van der Waals surface area (Å²) in [7, 11) is 0. The third-order valence-electron chi connectivity index (χ3n) is 3.98. The summed E-state index contributed by atoms with van der Waals surface area (Å²) in [5.74, 6) is -2.33. The lowest BCUT2D eigenvalue weighted by Gasteiger charge is -2.30. The topological polar surface area (TPSA) is 105 Å². The highest BCUT2D eigenvalue weighted by Gasteiger charge is 2.38. The first kappa shape index (κ1) is 18.3. The van der Waals surface area contributed by atoms with Crippen molar-refractivity contribution in [3.63, 3.8) is 0 Å². The minimum Gasteiger partial charge on any atom is -0.301 e. The van der Waals surface area contributed by atoms with Crippen molar-refractivity contribution in [3.05, 3.63) is 64.2 Å². The van der Waals surface area contributed by atoms with E-state index < -0.39 is 22.7 Å². The number of anilines is 1. The normalized spacial score (nSPS) is 17.3. The molecule has 0 saturated carbocycles. The lowest BCUT2D eigenvalue weighted by Crippen LogP contribution is -2.58. The van der Waals surface area contributed by atoms with Gasteiger partial charge in [-0.15, -0.1) is 0 Å². The van der Waals surface area contributed by atoms with Crippen molar-refractivity contribution in [2.24, 2.45) is 10.9 Å². The second-order valence-electron chi connectivity index (χ2n) is 5.79. The van der Waals surface area contributed by atoms with Crippen molar-refractivity contribution in [1.82, 2.24) is 5.32 Å². The predicted molar refractivity (Wildman–Crippen MR) is 104 cm³/mol. The summed E-state index contributed by atoms with van der Waals surface area (Å²) in [5.41, 5.74) is 1.20. The number of benzene rings is 2. The Morgan fingerprint density at radius 2 is 1.93 bits per heavy atom. The van der Waals surface area contributed by atoms with Gasteiger partial charge in [0.2, 0.25) is 5.91 Å². The van der Waals surface area contributed by atoms with Crippen LogP contribution >= 0.6 is 12.2 Å². The molecule has 1 N–H and O–H groups in total. The van der Waals surface area contributed by atoms with Gasteiger partial charge in [0.1, 0.15) is 0 Å². The van der Waals surface area contributed by atoms with E-state index in [9.17, 15) is 19.7 Å². The molecule has 1 fully saturated rings. The average molecular weight is 382 g/mol. The number of nitro benzene ring substituents is 1. The molecule has 0 radical (unpaired) electrons. The van der Waals surface area contributed by atoms with E-state index in [1.54, 1.807) is 49.4 Å². The minimum absolute atomic E-state index is 0.00757. The molecule has 2 aromatic carbocycles. The Kier molecular flexibility index (Phi) is 5.04. The molecule has 1 atom stereocenters. The van der Waals surface area contributed by atoms with E-state index >= 15 is 0 Å². The summed E-state index contributed by atoms with van der Waals surface area (Å²) in [6, 6.07) is 13.1. The van der Waals surface area contributed by atoms with Crippen LogP contribution in [0.25, 0.3) is 0 Å². The third-order valence-corrected chi connectivity index (χ3v) is 4.26. The number of nitrogens with one attached hydrogen (secondary N) is 1. The Hall–Kier alpha value is -3.46. The lowest BCUT2D eigenvalue weighted by atomic mass is 10.1. The fraction of sp³-hybridized carbons (Fsp3) is 0.111. The first-order chi connectivity index (χ1) is 12.9. The molecule has 27 heavy (non-hydrogen) atoms. The SMILES string of the molecule is Cc1ccc(N=C[C@@H]2C(=O)NC(=S)N(c3ccccc3)C2=O)cc1[N+](=O)[O-]. The smallest absolute Gasteiger partial charge is 0.274 e. The van der Waals surface area contributed by atoms with E-state index in [0.717, 1.165) is 0 Å². The zero-order valence-electron chi connectivity index (χ0n) is 14.2. The van der Waals surface area contributed by atoms with Crippen molar-refractivity contribution >= 4 is 52.4 Å². The zero-order chi connectivity index (χ0) is 19.6. The van der Waals surface area contributed by atoms with Crippen LogP contribution in [-0.4, -0.2) is 28.1 Å². The molecule has 3 rings (SSSR count). The Morgan fingerprint density at radius 3 is 2.59 bits per heavy atom. The third kappa shape index (κ3) is 3.72. The van der Waals surface area contributed by atoms with Crippen LogP contribution < -0.4 is 10.2 Å². The molecule has 2 amide bonds. The van der Waals surface area contributed by atoms with Gasteiger partial charge in [0.15, 0.2) is 11.0 Å². The Bertz CT molecular complexity index is 975. The van der Waals surface area contributed by atoms with Crippen molar-refractivity contribution < 1.29 is 14.5 Å². The fourth-order valence-corrected chi connectivity index (χ4v) is 2.87. The molecular formula is C18H14N4O4S. The molecule has 0 bridgehead atoms. The van der Waals surface area contributed by atoms with Crippen LogP contribution in [0.1, 0.15) is 5.56 Å². The second kappa shape index (κ2) is 7.42. The fourth-order valence-electron chi connectivity index (χ4n) is 2.58. The van der Waals surface area contributed by atoms with Crippen LogP contribution in [0.2, 0.25) is 0 Å². The number of rotatable bonds is 4. The maximum Gasteiger partial charge on any atom is 0.274 e. The predicted octanol–water partition coefficient (Wildman–Crippen LogP) is 2.67. The van der Waals surface area contributed by atoms with E-state index in [1.807, 2.05) is 0 Å². The van der Waals surface area contributed by atoms with E-state index in [1.165, 1.54) is 17.2 Å². The number of aryl methyl sites for hydroxylation is 1. The van der Waals surface area contributed by atoms with Gasteiger partial charge in [-0.25, -0.2) is 0 Å². The highest BCUT2D eigenvalue weighted by Crippen LogP contribution is 2.25. The molecule has 9 heteroatoms. The van der Waals surface area contributed by atoms with Gasteiger partial charge < -0.3 is 5.32 Å². The molecular weight excluding hydrogens is 368 g/mol. The summed E-state index contributed by atoms with van der Waals surface area (Å²) in [6.45, 7) is 1.61. The van der Waals surface area contributed by atoms with E-state index in [2.05, 4.69) is 10.3 Å². The minimum atomic E-state index is -1.20. The molecule has 1 aliphatic heterocycles. The van der Waals surface area contributed by atoms with Gasteiger partial charge in [-0.1, -0.05) is 24.3 Å². The Morgan fingerprint density at radius 1 is 1.22 bits per heavy atom. The number of carbonyl (C=O) groups excluding carboxylic acids is 2. The van der Waals surface area contributed by atoms with Crippen molar-refractivity contribution in [3.8, 4) is 0 Å². The molecule has 136 valence electrons. The van der Waals surface area contributed by atoms with Crippen LogP contribution in [0, 0.1) is 23.0 Å². The van der Waals surface area contributed by atoms with Crippen LogP contribution in [0.15, 0.2) is 53.5 Å². The molecule has 1 saturated heterocycles. The van der Waals surface area contributed by atoms with Gasteiger partial charge >= 0.3 is 0 Å². The van der Waals surface area contributed by atoms with Crippen LogP contribution in [0.4, 0.5) is 17.1 Å². The molecule has 0 spiro atoms. The zero-order valence-corrected chi connectivity index (χ0v) is 15.0. The van der Waals surface area contributed by atoms with Gasteiger partial charge in [-0.3, -0.25) is 29.6 Å². The number of thiocarbonyl (C=S) groups is 1. The van der Waals surface area contributed by atoms with Gasteiger partial charge in [0.05, 0.1) is 16.3 Å². The summed E-state index contributed by atoms with van der Waals surface area (Å²) >= 11 is 5.11. The maximum absolute atomic E-state index is 12.8. The number of nitro groups is 1. The molecule has 1 aliphatic rings. The first-order valence-electron chi connectivity index (χ1n) is 7.91. The number of nitrogens with zero attached hydrogens (tertiary/aromatic N) is 3. The Labute approximate surface area is 159 Å². The Balaban J connectivity index is 1.89. The number of aliphatic imine (C=N–C) groups is 1. The average Bonchev–Trinajstić information content (AvgIpc) is 2.63.